The van der Waals surface area contributed by atoms with E-state index in [4.69, 9.17) is 0 Å². The van der Waals surface area contributed by atoms with E-state index >= 15 is 0 Å². The fourth-order valence-corrected chi connectivity index (χ4v) is 4.87. The van der Waals surface area contributed by atoms with E-state index in [2.05, 4.69) is 29.4 Å². The molecule has 7 nitrogen and oxygen atoms in total. The Morgan fingerprint density at radius 2 is 1.92 bits per heavy atom. The molecule has 0 aliphatic rings. The highest BCUT2D eigenvalue weighted by Gasteiger charge is 2.22. The molecule has 1 aromatic carbocycles. The van der Waals surface area contributed by atoms with Gasteiger partial charge in [-0.05, 0) is 24.1 Å². The lowest BCUT2D eigenvalue weighted by Crippen LogP contribution is -2.30. The van der Waals surface area contributed by atoms with Crippen LogP contribution < -0.4 is 5.32 Å². The summed E-state index contributed by atoms with van der Waals surface area (Å²) in [6.45, 7) is 8.48. The zero-order valence-electron chi connectivity index (χ0n) is 15.4. The Morgan fingerprint density at radius 1 is 1.23 bits per heavy atom. The SMILES string of the molecule is CCN(CC)S(=O)(=O)c1cccc(C(=O)Nc2nnc(CC(C)C)s2)c1. The summed E-state index contributed by atoms with van der Waals surface area (Å²) in [6, 6.07) is 6.03. The molecule has 0 fully saturated rings. The molecule has 26 heavy (non-hydrogen) atoms. The number of sulfonamides is 1. The standard InChI is InChI=1S/C17H24N4O3S2/c1-5-21(6-2)26(23,24)14-9-7-8-13(11-14)16(22)18-17-20-19-15(25-17)10-12(3)4/h7-9,11-12H,5-6,10H2,1-4H3,(H,18,20,22). The van der Waals surface area contributed by atoms with Gasteiger partial charge in [0.1, 0.15) is 5.01 Å². The van der Waals surface area contributed by atoms with Crippen LogP contribution in [-0.4, -0.2) is 41.9 Å². The Labute approximate surface area is 158 Å². The van der Waals surface area contributed by atoms with Crippen molar-refractivity contribution in [3.8, 4) is 0 Å². The van der Waals surface area contributed by atoms with E-state index in [0.29, 0.717) is 24.1 Å². The van der Waals surface area contributed by atoms with Crippen molar-refractivity contribution in [2.45, 2.75) is 39.0 Å². The molecule has 0 saturated carbocycles. The lowest BCUT2D eigenvalue weighted by molar-refractivity contribution is 0.102. The number of amides is 1. The molecule has 2 rings (SSSR count). The van der Waals surface area contributed by atoms with Gasteiger partial charge in [-0.15, -0.1) is 10.2 Å². The summed E-state index contributed by atoms with van der Waals surface area (Å²) in [5.74, 6) is 0.0438. The maximum atomic E-state index is 12.6. The quantitative estimate of drug-likeness (QED) is 0.740. The Kier molecular flexibility index (Phi) is 6.85. The number of anilines is 1. The van der Waals surface area contributed by atoms with Gasteiger partial charge in [-0.2, -0.15) is 4.31 Å². The molecule has 1 heterocycles. The zero-order valence-corrected chi connectivity index (χ0v) is 17.0. The fourth-order valence-electron chi connectivity index (χ4n) is 2.42. The van der Waals surface area contributed by atoms with Crippen LogP contribution in [0.2, 0.25) is 0 Å². The maximum Gasteiger partial charge on any atom is 0.257 e. The molecule has 0 saturated heterocycles. The number of carbonyl (C=O) groups excluding carboxylic acids is 1. The van der Waals surface area contributed by atoms with Gasteiger partial charge in [0.05, 0.1) is 4.90 Å². The van der Waals surface area contributed by atoms with E-state index in [0.717, 1.165) is 11.4 Å². The van der Waals surface area contributed by atoms with Crippen LogP contribution in [0.25, 0.3) is 0 Å². The summed E-state index contributed by atoms with van der Waals surface area (Å²) in [7, 11) is -3.61. The second-order valence-electron chi connectivity index (χ2n) is 6.17. The number of benzene rings is 1. The third kappa shape index (κ3) is 4.87. The summed E-state index contributed by atoms with van der Waals surface area (Å²) in [6.07, 6.45) is 0.797. The zero-order chi connectivity index (χ0) is 19.3. The number of nitrogens with zero attached hydrogens (tertiary/aromatic N) is 3. The molecule has 0 bridgehead atoms. The monoisotopic (exact) mass is 396 g/mol. The van der Waals surface area contributed by atoms with Crippen LogP contribution in [0.15, 0.2) is 29.2 Å². The van der Waals surface area contributed by atoms with Crippen molar-refractivity contribution >= 4 is 32.4 Å². The van der Waals surface area contributed by atoms with E-state index in [1.54, 1.807) is 26.0 Å². The van der Waals surface area contributed by atoms with Crippen molar-refractivity contribution < 1.29 is 13.2 Å². The summed E-state index contributed by atoms with van der Waals surface area (Å²) in [4.78, 5) is 12.6. The van der Waals surface area contributed by atoms with E-state index in [1.165, 1.54) is 27.8 Å². The first-order valence-electron chi connectivity index (χ1n) is 8.51. The van der Waals surface area contributed by atoms with Crippen LogP contribution in [0.4, 0.5) is 5.13 Å². The van der Waals surface area contributed by atoms with Crippen molar-refractivity contribution in [1.29, 1.82) is 0 Å². The second-order valence-corrected chi connectivity index (χ2v) is 9.17. The minimum Gasteiger partial charge on any atom is -0.296 e. The van der Waals surface area contributed by atoms with Crippen molar-refractivity contribution in [3.63, 3.8) is 0 Å². The third-order valence-electron chi connectivity index (χ3n) is 3.71. The maximum absolute atomic E-state index is 12.6. The molecule has 0 atom stereocenters. The van der Waals surface area contributed by atoms with Crippen molar-refractivity contribution in [2.75, 3.05) is 18.4 Å². The first-order valence-corrected chi connectivity index (χ1v) is 10.8. The number of carbonyl (C=O) groups is 1. The van der Waals surface area contributed by atoms with Crippen LogP contribution in [-0.2, 0) is 16.4 Å². The molecule has 0 spiro atoms. The van der Waals surface area contributed by atoms with Crippen LogP contribution in [0.5, 0.6) is 0 Å². The Hall–Kier alpha value is -1.84. The van der Waals surface area contributed by atoms with Gasteiger partial charge in [-0.1, -0.05) is 45.1 Å². The molecule has 1 aromatic heterocycles. The van der Waals surface area contributed by atoms with Crippen LogP contribution in [0.3, 0.4) is 0 Å². The van der Waals surface area contributed by atoms with E-state index in [-0.39, 0.29) is 10.5 Å². The van der Waals surface area contributed by atoms with Gasteiger partial charge in [0.15, 0.2) is 0 Å². The van der Waals surface area contributed by atoms with Crippen molar-refractivity contribution in [2.24, 2.45) is 5.92 Å². The number of rotatable bonds is 8. The molecular formula is C17H24N4O3S2. The van der Waals surface area contributed by atoms with Crippen LogP contribution in [0.1, 0.15) is 43.1 Å². The lowest BCUT2D eigenvalue weighted by Gasteiger charge is -2.18. The number of hydrogen-bond donors (Lipinski definition) is 1. The minimum absolute atomic E-state index is 0.103. The third-order valence-corrected chi connectivity index (χ3v) is 6.62. The van der Waals surface area contributed by atoms with Gasteiger partial charge in [0.25, 0.3) is 5.91 Å². The summed E-state index contributed by atoms with van der Waals surface area (Å²) in [5.41, 5.74) is 0.263. The molecule has 0 radical (unpaired) electrons. The largest absolute Gasteiger partial charge is 0.296 e. The molecule has 142 valence electrons. The summed E-state index contributed by atoms with van der Waals surface area (Å²) in [5, 5.41) is 12.0. The molecule has 2 aromatic rings. The predicted molar refractivity (Wildman–Crippen MR) is 103 cm³/mol. The normalized spacial score (nSPS) is 11.9. The molecular weight excluding hydrogens is 372 g/mol. The smallest absolute Gasteiger partial charge is 0.257 e. The first-order chi connectivity index (χ1) is 12.3. The van der Waals surface area contributed by atoms with E-state index < -0.39 is 15.9 Å². The topological polar surface area (TPSA) is 92.3 Å². The van der Waals surface area contributed by atoms with Gasteiger partial charge < -0.3 is 0 Å². The minimum atomic E-state index is -3.61. The predicted octanol–water partition coefficient (Wildman–Crippen LogP) is 3.02. The van der Waals surface area contributed by atoms with Crippen molar-refractivity contribution in [1.82, 2.24) is 14.5 Å². The Balaban J connectivity index is 2.19. The molecule has 9 heteroatoms. The van der Waals surface area contributed by atoms with E-state index in [1.807, 2.05) is 0 Å². The van der Waals surface area contributed by atoms with Gasteiger partial charge in [0, 0.05) is 25.1 Å². The highest BCUT2D eigenvalue weighted by atomic mass is 32.2. The molecule has 1 amide bonds. The first kappa shape index (κ1) is 20.5. The van der Waals surface area contributed by atoms with Crippen molar-refractivity contribution in [3.05, 3.63) is 34.8 Å². The molecule has 0 unspecified atom stereocenters. The van der Waals surface area contributed by atoms with Gasteiger partial charge in [-0.25, -0.2) is 8.42 Å². The summed E-state index contributed by atoms with van der Waals surface area (Å²) >= 11 is 1.33. The van der Waals surface area contributed by atoms with Crippen LogP contribution >= 0.6 is 11.3 Å². The Bertz CT molecular complexity index is 858. The highest BCUT2D eigenvalue weighted by molar-refractivity contribution is 7.89. The summed E-state index contributed by atoms with van der Waals surface area (Å²) < 4.78 is 26.6. The Morgan fingerprint density at radius 3 is 2.54 bits per heavy atom. The van der Waals surface area contributed by atoms with Gasteiger partial charge >= 0.3 is 0 Å². The number of nitrogens with one attached hydrogen (secondary N) is 1. The number of aromatic nitrogens is 2. The average Bonchev–Trinajstić information content (AvgIpc) is 3.02. The second kappa shape index (κ2) is 8.70. The molecule has 1 N–H and O–H groups in total. The number of hydrogen-bond acceptors (Lipinski definition) is 6. The van der Waals surface area contributed by atoms with Gasteiger partial charge in [0.2, 0.25) is 15.2 Å². The van der Waals surface area contributed by atoms with Crippen LogP contribution in [0, 0.1) is 5.92 Å². The molecule has 0 aliphatic heterocycles. The van der Waals surface area contributed by atoms with E-state index in [9.17, 15) is 13.2 Å². The lowest BCUT2D eigenvalue weighted by atomic mass is 10.1. The highest BCUT2D eigenvalue weighted by Crippen LogP contribution is 2.21. The van der Waals surface area contributed by atoms with Gasteiger partial charge in [-0.3, -0.25) is 10.1 Å². The molecule has 0 aliphatic carbocycles. The fraction of sp³-hybridized carbons (Fsp3) is 0.471. The average molecular weight is 397 g/mol.